The van der Waals surface area contributed by atoms with E-state index in [0.29, 0.717) is 6.04 Å². The summed E-state index contributed by atoms with van der Waals surface area (Å²) >= 11 is 3.44. The summed E-state index contributed by atoms with van der Waals surface area (Å²) in [6.07, 6.45) is 0.993. The summed E-state index contributed by atoms with van der Waals surface area (Å²) in [5.41, 5.74) is 4.24. The molecule has 1 N–H and O–H groups in total. The second-order valence-corrected chi connectivity index (χ2v) is 6.03. The molecular formula is C12H17N3S2. The van der Waals surface area contributed by atoms with Gasteiger partial charge in [-0.15, -0.1) is 22.7 Å². The van der Waals surface area contributed by atoms with E-state index >= 15 is 0 Å². The summed E-state index contributed by atoms with van der Waals surface area (Å²) in [5.74, 6) is 0. The smallest absolute Gasteiger partial charge is 0.0897 e. The van der Waals surface area contributed by atoms with Gasteiger partial charge in [-0.1, -0.05) is 0 Å². The number of nitrogens with zero attached hydrogens (tertiary/aromatic N) is 2. The van der Waals surface area contributed by atoms with Gasteiger partial charge in [-0.2, -0.15) is 0 Å². The molecule has 1 unspecified atom stereocenters. The number of aromatic nitrogens is 2. The van der Waals surface area contributed by atoms with Crippen molar-refractivity contribution in [1.82, 2.24) is 15.3 Å². The van der Waals surface area contributed by atoms with Crippen LogP contribution < -0.4 is 5.32 Å². The van der Waals surface area contributed by atoms with Gasteiger partial charge < -0.3 is 5.32 Å². The Bertz CT molecular complexity index is 476. The van der Waals surface area contributed by atoms with Gasteiger partial charge in [-0.25, -0.2) is 9.97 Å². The minimum Gasteiger partial charge on any atom is -0.309 e. The van der Waals surface area contributed by atoms with Gasteiger partial charge in [0.1, 0.15) is 0 Å². The summed E-state index contributed by atoms with van der Waals surface area (Å²) in [7, 11) is 0. The normalized spacial score (nSPS) is 12.9. The zero-order chi connectivity index (χ0) is 12.3. The molecule has 17 heavy (non-hydrogen) atoms. The van der Waals surface area contributed by atoms with Crippen molar-refractivity contribution in [3.8, 4) is 0 Å². The molecule has 92 valence electrons. The highest BCUT2D eigenvalue weighted by molar-refractivity contribution is 7.10. The maximum atomic E-state index is 4.46. The molecule has 2 aromatic rings. The van der Waals surface area contributed by atoms with E-state index in [1.54, 1.807) is 22.7 Å². The number of nitrogens with one attached hydrogen (secondary N) is 1. The van der Waals surface area contributed by atoms with Crippen LogP contribution in [0.25, 0.3) is 0 Å². The first-order chi connectivity index (χ1) is 8.16. The van der Waals surface area contributed by atoms with Crippen molar-refractivity contribution >= 4 is 22.7 Å². The van der Waals surface area contributed by atoms with Crippen molar-refractivity contribution in [3.05, 3.63) is 32.2 Å². The second kappa shape index (κ2) is 5.71. The Kier molecular flexibility index (Phi) is 4.25. The first-order valence-corrected chi connectivity index (χ1v) is 7.47. The van der Waals surface area contributed by atoms with E-state index in [0.717, 1.165) is 23.7 Å². The molecule has 5 heteroatoms. The molecule has 2 heterocycles. The van der Waals surface area contributed by atoms with Crippen LogP contribution in [0.3, 0.4) is 0 Å². The Morgan fingerprint density at radius 2 is 2.18 bits per heavy atom. The highest BCUT2D eigenvalue weighted by Gasteiger charge is 2.10. The Balaban J connectivity index is 1.81. The molecule has 0 radical (unpaired) electrons. The van der Waals surface area contributed by atoms with Crippen molar-refractivity contribution in [3.63, 3.8) is 0 Å². The molecule has 0 saturated heterocycles. The summed E-state index contributed by atoms with van der Waals surface area (Å²) in [6, 6.07) is 0.377. The van der Waals surface area contributed by atoms with E-state index in [9.17, 15) is 0 Å². The molecule has 0 bridgehead atoms. The van der Waals surface area contributed by atoms with Gasteiger partial charge in [-0.05, 0) is 20.8 Å². The van der Waals surface area contributed by atoms with Crippen molar-refractivity contribution in [2.24, 2.45) is 0 Å². The zero-order valence-electron chi connectivity index (χ0n) is 10.4. The quantitative estimate of drug-likeness (QED) is 0.904. The van der Waals surface area contributed by atoms with Gasteiger partial charge in [-0.3, -0.25) is 0 Å². The van der Waals surface area contributed by atoms with Crippen molar-refractivity contribution < 1.29 is 0 Å². The van der Waals surface area contributed by atoms with Crippen LogP contribution in [0.1, 0.15) is 34.2 Å². The fourth-order valence-corrected chi connectivity index (χ4v) is 3.24. The Morgan fingerprint density at radius 3 is 2.76 bits per heavy atom. The lowest BCUT2D eigenvalue weighted by atomic mass is 10.2. The summed E-state index contributed by atoms with van der Waals surface area (Å²) < 4.78 is 0. The molecule has 0 saturated carbocycles. The molecule has 0 aliphatic heterocycles. The zero-order valence-corrected chi connectivity index (χ0v) is 12.0. The van der Waals surface area contributed by atoms with Gasteiger partial charge in [0.2, 0.25) is 0 Å². The Hall–Kier alpha value is -0.780. The monoisotopic (exact) mass is 267 g/mol. The first kappa shape index (κ1) is 12.7. The van der Waals surface area contributed by atoms with Gasteiger partial charge in [0.25, 0.3) is 0 Å². The molecule has 0 aromatic carbocycles. The van der Waals surface area contributed by atoms with Crippen molar-refractivity contribution in [1.29, 1.82) is 0 Å². The van der Waals surface area contributed by atoms with Gasteiger partial charge in [0.05, 0.1) is 21.9 Å². The highest BCUT2D eigenvalue weighted by Crippen LogP contribution is 2.20. The van der Waals surface area contributed by atoms with E-state index in [2.05, 4.69) is 34.5 Å². The van der Waals surface area contributed by atoms with Crippen molar-refractivity contribution in [2.45, 2.75) is 33.2 Å². The predicted molar refractivity (Wildman–Crippen MR) is 73.8 cm³/mol. The lowest BCUT2D eigenvalue weighted by Crippen LogP contribution is -2.21. The van der Waals surface area contributed by atoms with Crippen LogP contribution in [-0.2, 0) is 6.42 Å². The average molecular weight is 267 g/mol. The van der Waals surface area contributed by atoms with Crippen LogP contribution in [0, 0.1) is 13.8 Å². The maximum Gasteiger partial charge on any atom is 0.0897 e. The minimum absolute atomic E-state index is 0.377. The van der Waals surface area contributed by atoms with Gasteiger partial charge in [0.15, 0.2) is 0 Å². The first-order valence-electron chi connectivity index (χ1n) is 5.71. The van der Waals surface area contributed by atoms with E-state index in [1.165, 1.54) is 10.6 Å². The second-order valence-electron chi connectivity index (χ2n) is 4.09. The average Bonchev–Trinajstić information content (AvgIpc) is 2.87. The third kappa shape index (κ3) is 3.34. The Labute approximate surface area is 110 Å². The molecule has 2 aromatic heterocycles. The van der Waals surface area contributed by atoms with Crippen molar-refractivity contribution in [2.75, 3.05) is 6.54 Å². The summed E-state index contributed by atoms with van der Waals surface area (Å²) in [6.45, 7) is 7.26. The number of rotatable bonds is 5. The molecular weight excluding hydrogens is 250 g/mol. The van der Waals surface area contributed by atoms with Crippen LogP contribution in [0.2, 0.25) is 0 Å². The number of thiazole rings is 2. The van der Waals surface area contributed by atoms with Gasteiger partial charge >= 0.3 is 0 Å². The number of hydrogen-bond acceptors (Lipinski definition) is 5. The lowest BCUT2D eigenvalue weighted by Gasteiger charge is -2.11. The van der Waals surface area contributed by atoms with E-state index in [-0.39, 0.29) is 0 Å². The topological polar surface area (TPSA) is 37.8 Å². The molecule has 3 nitrogen and oxygen atoms in total. The van der Waals surface area contributed by atoms with Crippen LogP contribution >= 0.6 is 22.7 Å². The largest absolute Gasteiger partial charge is 0.309 e. The van der Waals surface area contributed by atoms with Crippen LogP contribution in [0.5, 0.6) is 0 Å². The fourth-order valence-electron chi connectivity index (χ4n) is 1.76. The fraction of sp³-hybridized carbons (Fsp3) is 0.500. The van der Waals surface area contributed by atoms with Crippen LogP contribution in [0.4, 0.5) is 0 Å². The maximum absolute atomic E-state index is 4.46. The molecule has 0 fully saturated rings. The lowest BCUT2D eigenvalue weighted by molar-refractivity contribution is 0.579. The Morgan fingerprint density at radius 1 is 1.35 bits per heavy atom. The van der Waals surface area contributed by atoms with Gasteiger partial charge in [0, 0.05) is 29.3 Å². The molecule has 0 spiro atoms. The van der Waals surface area contributed by atoms with Crippen LogP contribution in [0.15, 0.2) is 10.9 Å². The molecule has 1 atom stereocenters. The van der Waals surface area contributed by atoms with Crippen LogP contribution in [-0.4, -0.2) is 16.5 Å². The summed E-state index contributed by atoms with van der Waals surface area (Å²) in [4.78, 5) is 10.1. The summed E-state index contributed by atoms with van der Waals surface area (Å²) in [5, 5.41) is 6.80. The molecule has 0 aliphatic carbocycles. The number of aryl methyl sites for hydroxylation is 2. The molecule has 2 rings (SSSR count). The third-order valence-corrected chi connectivity index (χ3v) is 4.61. The SMILES string of the molecule is Cc1nc(CCNC(C)c2scnc2C)cs1. The van der Waals surface area contributed by atoms with E-state index < -0.39 is 0 Å². The standard InChI is InChI=1S/C12H17N3S2/c1-8(12-9(2)14-7-17-12)13-5-4-11-6-16-10(3)15-11/h6-8,13H,4-5H2,1-3H3. The van der Waals surface area contributed by atoms with E-state index in [4.69, 9.17) is 0 Å². The van der Waals surface area contributed by atoms with E-state index in [1.807, 2.05) is 12.4 Å². The molecule has 0 amide bonds. The molecule has 0 aliphatic rings. The highest BCUT2D eigenvalue weighted by atomic mass is 32.1. The number of hydrogen-bond donors (Lipinski definition) is 1. The third-order valence-electron chi connectivity index (χ3n) is 2.67. The minimum atomic E-state index is 0.377. The predicted octanol–water partition coefficient (Wildman–Crippen LogP) is 3.11.